The lowest BCUT2D eigenvalue weighted by Gasteiger charge is -2.13. The Bertz CT molecular complexity index is 1050. The Balaban J connectivity index is 1.99. The van der Waals surface area contributed by atoms with Crippen LogP contribution >= 0.6 is 22.6 Å². The molecule has 1 aromatic heterocycles. The predicted molar refractivity (Wildman–Crippen MR) is 110 cm³/mol. The highest BCUT2D eigenvalue weighted by Crippen LogP contribution is 2.30. The Labute approximate surface area is 165 Å². The van der Waals surface area contributed by atoms with Crippen LogP contribution in [0, 0.1) is 17.4 Å². The van der Waals surface area contributed by atoms with E-state index >= 15 is 0 Å². The number of hydrogen-bond acceptors (Lipinski definition) is 4. The quantitative estimate of drug-likeness (QED) is 0.407. The van der Waals surface area contributed by atoms with Crippen LogP contribution in [0.25, 0.3) is 11.0 Å². The Hall–Kier alpha value is -2.15. The summed E-state index contributed by atoms with van der Waals surface area (Å²) >= 11 is 2.28. The molecule has 0 aliphatic carbocycles. The number of fused-ring (bicyclic) bond motifs is 1. The SMILES string of the molecule is CC(=O)Cc1c(C)c2ccc(OCc3ccccc3I)c(C)c2oc1=O. The third-order valence-electron chi connectivity index (χ3n) is 4.42. The molecule has 0 radical (unpaired) electrons. The van der Waals surface area contributed by atoms with Gasteiger partial charge in [-0.2, -0.15) is 0 Å². The highest BCUT2D eigenvalue weighted by atomic mass is 127. The van der Waals surface area contributed by atoms with Gasteiger partial charge in [0.1, 0.15) is 23.7 Å². The van der Waals surface area contributed by atoms with Crippen LogP contribution in [0.2, 0.25) is 0 Å². The summed E-state index contributed by atoms with van der Waals surface area (Å²) in [6.45, 7) is 5.64. The summed E-state index contributed by atoms with van der Waals surface area (Å²) in [6, 6.07) is 11.8. The molecule has 0 aliphatic rings. The number of carbonyl (C=O) groups is 1. The molecule has 4 nitrogen and oxygen atoms in total. The van der Waals surface area contributed by atoms with E-state index in [4.69, 9.17) is 9.15 Å². The summed E-state index contributed by atoms with van der Waals surface area (Å²) in [4.78, 5) is 23.7. The summed E-state index contributed by atoms with van der Waals surface area (Å²) in [5.41, 5.74) is 3.16. The first kappa shape index (κ1) is 18.6. The molecular formula is C21H19IO4. The van der Waals surface area contributed by atoms with E-state index < -0.39 is 5.63 Å². The molecule has 0 saturated carbocycles. The van der Waals surface area contributed by atoms with Crippen molar-refractivity contribution >= 4 is 39.3 Å². The minimum atomic E-state index is -0.456. The maximum atomic E-state index is 12.3. The molecule has 0 aliphatic heterocycles. The van der Waals surface area contributed by atoms with Gasteiger partial charge >= 0.3 is 5.63 Å². The second-order valence-electron chi connectivity index (χ2n) is 6.32. The fourth-order valence-electron chi connectivity index (χ4n) is 2.95. The van der Waals surface area contributed by atoms with Gasteiger partial charge < -0.3 is 9.15 Å². The zero-order chi connectivity index (χ0) is 18.8. The van der Waals surface area contributed by atoms with Gasteiger partial charge in [0.15, 0.2) is 0 Å². The maximum Gasteiger partial charge on any atom is 0.340 e. The predicted octanol–water partition coefficient (Wildman–Crippen LogP) is 4.72. The third kappa shape index (κ3) is 3.67. The van der Waals surface area contributed by atoms with E-state index in [2.05, 4.69) is 22.6 Å². The lowest BCUT2D eigenvalue weighted by molar-refractivity contribution is -0.116. The molecule has 134 valence electrons. The van der Waals surface area contributed by atoms with Gasteiger partial charge in [-0.05, 0) is 67.1 Å². The standard InChI is InChI=1S/C21H19IO4/c1-12(23)10-17-13(2)16-8-9-19(14(3)20(16)26-21(17)24)25-11-15-6-4-5-7-18(15)22/h4-9H,10-11H2,1-3H3. The highest BCUT2D eigenvalue weighted by molar-refractivity contribution is 14.1. The normalized spacial score (nSPS) is 10.9. The van der Waals surface area contributed by atoms with Crippen LogP contribution in [-0.2, 0) is 17.8 Å². The summed E-state index contributed by atoms with van der Waals surface area (Å²) in [5, 5.41) is 0.833. The lowest BCUT2D eigenvalue weighted by atomic mass is 10.0. The number of ketones is 1. The van der Waals surface area contributed by atoms with Gasteiger partial charge in [0.2, 0.25) is 0 Å². The Morgan fingerprint density at radius 2 is 1.85 bits per heavy atom. The molecule has 0 atom stereocenters. The molecule has 26 heavy (non-hydrogen) atoms. The summed E-state index contributed by atoms with van der Waals surface area (Å²) in [5.74, 6) is 0.618. The molecule has 3 rings (SSSR count). The van der Waals surface area contributed by atoms with Gasteiger partial charge in [-0.15, -0.1) is 0 Å². The first-order valence-corrected chi connectivity index (χ1v) is 9.38. The molecule has 0 amide bonds. The first-order valence-electron chi connectivity index (χ1n) is 8.30. The van der Waals surface area contributed by atoms with E-state index in [9.17, 15) is 9.59 Å². The molecule has 1 heterocycles. The topological polar surface area (TPSA) is 56.5 Å². The van der Waals surface area contributed by atoms with Gasteiger partial charge in [0.25, 0.3) is 0 Å². The van der Waals surface area contributed by atoms with E-state index in [0.29, 0.717) is 23.5 Å². The van der Waals surface area contributed by atoms with Crippen LogP contribution in [0.1, 0.15) is 29.2 Å². The van der Waals surface area contributed by atoms with Crippen molar-refractivity contribution in [2.75, 3.05) is 0 Å². The smallest absolute Gasteiger partial charge is 0.340 e. The molecule has 2 aromatic carbocycles. The average Bonchev–Trinajstić information content (AvgIpc) is 2.60. The molecule has 0 saturated heterocycles. The van der Waals surface area contributed by atoms with Crippen LogP contribution in [0.4, 0.5) is 0 Å². The van der Waals surface area contributed by atoms with E-state index in [0.717, 1.165) is 25.6 Å². The van der Waals surface area contributed by atoms with Crippen LogP contribution in [0.3, 0.4) is 0 Å². The van der Waals surface area contributed by atoms with Crippen molar-refractivity contribution in [3.63, 3.8) is 0 Å². The van der Waals surface area contributed by atoms with Crippen LogP contribution in [0.5, 0.6) is 5.75 Å². The van der Waals surface area contributed by atoms with Gasteiger partial charge in [-0.1, -0.05) is 18.2 Å². The molecule has 3 aromatic rings. The Morgan fingerprint density at radius 3 is 2.54 bits per heavy atom. The van der Waals surface area contributed by atoms with Crippen LogP contribution < -0.4 is 10.4 Å². The molecule has 0 unspecified atom stereocenters. The molecular weight excluding hydrogens is 443 g/mol. The minimum absolute atomic E-state index is 0.0612. The number of halogens is 1. The molecule has 0 spiro atoms. The molecule has 0 bridgehead atoms. The second kappa shape index (κ2) is 7.61. The molecule has 0 N–H and O–H groups in total. The number of benzene rings is 2. The molecule has 5 heteroatoms. The fourth-order valence-corrected chi connectivity index (χ4v) is 3.49. The molecule has 0 fully saturated rings. The summed E-state index contributed by atoms with van der Waals surface area (Å²) < 4.78 is 12.6. The number of hydrogen-bond donors (Lipinski definition) is 0. The van der Waals surface area contributed by atoms with Crippen molar-refractivity contribution in [2.45, 2.75) is 33.8 Å². The van der Waals surface area contributed by atoms with Crippen LogP contribution in [0.15, 0.2) is 45.6 Å². The zero-order valence-corrected chi connectivity index (χ0v) is 17.0. The Kier molecular flexibility index (Phi) is 5.46. The van der Waals surface area contributed by atoms with Gasteiger partial charge in [0.05, 0.1) is 0 Å². The lowest BCUT2D eigenvalue weighted by Crippen LogP contribution is -2.14. The first-order chi connectivity index (χ1) is 12.4. The summed E-state index contributed by atoms with van der Waals surface area (Å²) in [7, 11) is 0. The second-order valence-corrected chi connectivity index (χ2v) is 7.48. The Morgan fingerprint density at radius 1 is 1.12 bits per heavy atom. The van der Waals surface area contributed by atoms with Crippen LogP contribution in [-0.4, -0.2) is 5.78 Å². The number of ether oxygens (including phenoxy) is 1. The number of rotatable bonds is 5. The van der Waals surface area contributed by atoms with Gasteiger partial charge in [0, 0.05) is 32.1 Å². The van der Waals surface area contributed by atoms with Crippen molar-refractivity contribution in [3.8, 4) is 5.75 Å². The highest BCUT2D eigenvalue weighted by Gasteiger charge is 2.16. The zero-order valence-electron chi connectivity index (χ0n) is 14.9. The number of carbonyl (C=O) groups excluding carboxylic acids is 1. The average molecular weight is 462 g/mol. The summed E-state index contributed by atoms with van der Waals surface area (Å²) in [6.07, 6.45) is 0.0911. The monoisotopic (exact) mass is 462 g/mol. The van der Waals surface area contributed by atoms with E-state index in [1.807, 2.05) is 50.2 Å². The van der Waals surface area contributed by atoms with Crippen molar-refractivity contribution in [2.24, 2.45) is 0 Å². The van der Waals surface area contributed by atoms with E-state index in [1.165, 1.54) is 6.92 Å². The largest absolute Gasteiger partial charge is 0.488 e. The van der Waals surface area contributed by atoms with Gasteiger partial charge in [-0.25, -0.2) is 4.79 Å². The fraction of sp³-hybridized carbons (Fsp3) is 0.238. The number of Topliss-reactive ketones (excluding diaryl/α,β-unsaturated/α-hetero) is 1. The van der Waals surface area contributed by atoms with Crippen molar-refractivity contribution in [3.05, 3.63) is 72.6 Å². The van der Waals surface area contributed by atoms with Crippen molar-refractivity contribution in [1.82, 2.24) is 0 Å². The van der Waals surface area contributed by atoms with Crippen molar-refractivity contribution < 1.29 is 13.9 Å². The van der Waals surface area contributed by atoms with E-state index in [1.54, 1.807) is 0 Å². The number of aryl methyl sites for hydroxylation is 2. The minimum Gasteiger partial charge on any atom is -0.488 e. The maximum absolute atomic E-state index is 12.3. The van der Waals surface area contributed by atoms with Crippen molar-refractivity contribution in [1.29, 1.82) is 0 Å². The van der Waals surface area contributed by atoms with Gasteiger partial charge in [-0.3, -0.25) is 4.79 Å². The van der Waals surface area contributed by atoms with E-state index in [-0.39, 0.29) is 12.2 Å². The third-order valence-corrected chi connectivity index (χ3v) is 5.47.